The predicted octanol–water partition coefficient (Wildman–Crippen LogP) is 1.90. The molecule has 1 aliphatic rings. The highest BCUT2D eigenvalue weighted by atomic mass is 16.4. The summed E-state index contributed by atoms with van der Waals surface area (Å²) >= 11 is 0. The van der Waals surface area contributed by atoms with Crippen LogP contribution < -0.4 is 5.73 Å². The number of hydrogen-bond acceptors (Lipinski definition) is 3. The van der Waals surface area contributed by atoms with Crippen LogP contribution in [0.3, 0.4) is 0 Å². The number of piperidine rings is 1. The van der Waals surface area contributed by atoms with E-state index in [4.69, 9.17) is 10.9 Å². The van der Waals surface area contributed by atoms with E-state index in [-0.39, 0.29) is 11.7 Å². The van der Waals surface area contributed by atoms with Crippen LogP contribution in [0.15, 0.2) is 29.4 Å². The van der Waals surface area contributed by atoms with Crippen LogP contribution in [0, 0.1) is 11.8 Å². The highest BCUT2D eigenvalue weighted by Gasteiger charge is 2.26. The maximum absolute atomic E-state index is 12.5. The number of oxime groups is 1. The van der Waals surface area contributed by atoms with Crippen LogP contribution in [0.1, 0.15) is 36.2 Å². The summed E-state index contributed by atoms with van der Waals surface area (Å²) in [6.45, 7) is 5.98. The number of nitrogens with two attached hydrogens (primary N) is 1. The van der Waals surface area contributed by atoms with Crippen molar-refractivity contribution in [2.75, 3.05) is 13.1 Å². The molecule has 0 spiro atoms. The summed E-state index contributed by atoms with van der Waals surface area (Å²) in [5.41, 5.74) is 6.75. The van der Waals surface area contributed by atoms with Gasteiger partial charge < -0.3 is 15.8 Å². The number of carbonyl (C=O) groups is 1. The molecular weight excluding hydrogens is 254 g/mol. The van der Waals surface area contributed by atoms with Gasteiger partial charge in [-0.1, -0.05) is 31.1 Å². The lowest BCUT2D eigenvalue weighted by molar-refractivity contribution is 0.0623. The zero-order valence-electron chi connectivity index (χ0n) is 11.9. The number of carbonyl (C=O) groups excluding carboxylic acids is 1. The normalized spacial score (nSPS) is 23.7. The third kappa shape index (κ3) is 3.10. The predicted molar refractivity (Wildman–Crippen MR) is 77.8 cm³/mol. The van der Waals surface area contributed by atoms with E-state index in [0.29, 0.717) is 23.0 Å². The summed E-state index contributed by atoms with van der Waals surface area (Å²) in [5.74, 6) is 1.18. The van der Waals surface area contributed by atoms with Crippen LogP contribution in [0.5, 0.6) is 0 Å². The summed E-state index contributed by atoms with van der Waals surface area (Å²) in [4.78, 5) is 14.4. The molecule has 0 aromatic heterocycles. The number of nitrogens with zero attached hydrogens (tertiary/aromatic N) is 2. The maximum atomic E-state index is 12.5. The summed E-state index contributed by atoms with van der Waals surface area (Å²) in [7, 11) is 0. The summed E-state index contributed by atoms with van der Waals surface area (Å²) in [6.07, 6.45) is 1.17. The molecular formula is C15H21N3O2. The van der Waals surface area contributed by atoms with Crippen LogP contribution in [-0.4, -0.2) is 34.9 Å². The molecule has 1 fully saturated rings. The Kier molecular flexibility index (Phi) is 4.27. The molecule has 1 heterocycles. The molecule has 2 rings (SSSR count). The number of amidine groups is 1. The average molecular weight is 275 g/mol. The molecule has 1 aromatic rings. The van der Waals surface area contributed by atoms with Gasteiger partial charge in [0.15, 0.2) is 5.84 Å². The Balaban J connectivity index is 2.13. The molecule has 0 bridgehead atoms. The van der Waals surface area contributed by atoms with Crippen LogP contribution in [0.25, 0.3) is 0 Å². The maximum Gasteiger partial charge on any atom is 0.253 e. The minimum atomic E-state index is 0.0456. The van der Waals surface area contributed by atoms with Gasteiger partial charge >= 0.3 is 0 Å². The minimum absolute atomic E-state index is 0.0456. The number of amides is 1. The highest BCUT2D eigenvalue weighted by molar-refractivity contribution is 5.99. The second kappa shape index (κ2) is 5.94. The third-order valence-corrected chi connectivity index (χ3v) is 3.69. The molecule has 0 radical (unpaired) electrons. The number of hydrogen-bond donors (Lipinski definition) is 2. The Hall–Kier alpha value is -2.04. The van der Waals surface area contributed by atoms with Gasteiger partial charge in [0.05, 0.1) is 0 Å². The number of likely N-dealkylation sites (tertiary alicyclic amines) is 1. The average Bonchev–Trinajstić information content (AvgIpc) is 2.45. The van der Waals surface area contributed by atoms with Crippen LogP contribution in [0.2, 0.25) is 0 Å². The second-order valence-corrected chi connectivity index (χ2v) is 5.72. The van der Waals surface area contributed by atoms with E-state index in [1.54, 1.807) is 24.3 Å². The first-order valence-electron chi connectivity index (χ1n) is 6.88. The zero-order chi connectivity index (χ0) is 14.7. The standard InChI is InChI=1S/C15H21N3O2/c1-10-7-11(2)9-18(8-10)15(19)13-5-3-12(4-6-13)14(16)17-20/h3-6,10-11,20H,7-9H2,1-2H3,(H2,16,17). The molecule has 108 valence electrons. The monoisotopic (exact) mass is 275 g/mol. The van der Waals surface area contributed by atoms with Crippen molar-refractivity contribution in [3.05, 3.63) is 35.4 Å². The SMILES string of the molecule is CC1CC(C)CN(C(=O)c2ccc(/C(N)=N/O)cc2)C1. The second-order valence-electron chi connectivity index (χ2n) is 5.72. The largest absolute Gasteiger partial charge is 0.409 e. The molecule has 2 unspecified atom stereocenters. The van der Waals surface area contributed by atoms with E-state index < -0.39 is 0 Å². The van der Waals surface area contributed by atoms with Crippen molar-refractivity contribution in [2.45, 2.75) is 20.3 Å². The fraction of sp³-hybridized carbons (Fsp3) is 0.467. The van der Waals surface area contributed by atoms with Crippen molar-refractivity contribution in [2.24, 2.45) is 22.7 Å². The molecule has 1 saturated heterocycles. The van der Waals surface area contributed by atoms with Gasteiger partial charge in [-0.2, -0.15) is 0 Å². The van der Waals surface area contributed by atoms with E-state index in [2.05, 4.69) is 19.0 Å². The van der Waals surface area contributed by atoms with E-state index in [1.165, 1.54) is 6.42 Å². The fourth-order valence-corrected chi connectivity index (χ4v) is 2.85. The van der Waals surface area contributed by atoms with Gasteiger partial charge in [-0.3, -0.25) is 4.79 Å². The quantitative estimate of drug-likeness (QED) is 0.374. The molecule has 20 heavy (non-hydrogen) atoms. The van der Waals surface area contributed by atoms with Gasteiger partial charge in [0.25, 0.3) is 5.91 Å². The molecule has 0 aliphatic carbocycles. The van der Waals surface area contributed by atoms with Crippen molar-refractivity contribution in [1.82, 2.24) is 4.90 Å². The van der Waals surface area contributed by atoms with Crippen LogP contribution >= 0.6 is 0 Å². The number of benzene rings is 1. The number of rotatable bonds is 2. The highest BCUT2D eigenvalue weighted by Crippen LogP contribution is 2.22. The summed E-state index contributed by atoms with van der Waals surface area (Å²) < 4.78 is 0. The van der Waals surface area contributed by atoms with Gasteiger partial charge in [-0.15, -0.1) is 0 Å². The van der Waals surface area contributed by atoms with Gasteiger partial charge in [-0.05, 0) is 30.4 Å². The fourth-order valence-electron chi connectivity index (χ4n) is 2.85. The molecule has 2 atom stereocenters. The van der Waals surface area contributed by atoms with Crippen molar-refractivity contribution in [3.8, 4) is 0 Å². The van der Waals surface area contributed by atoms with E-state index in [1.807, 2.05) is 4.90 Å². The zero-order valence-corrected chi connectivity index (χ0v) is 11.9. The Bertz CT molecular complexity index is 500. The molecule has 1 aromatic carbocycles. The smallest absolute Gasteiger partial charge is 0.253 e. The topological polar surface area (TPSA) is 78.9 Å². The molecule has 1 aliphatic heterocycles. The van der Waals surface area contributed by atoms with Gasteiger partial charge in [0.1, 0.15) is 0 Å². The molecule has 1 amide bonds. The molecule has 0 saturated carbocycles. The van der Waals surface area contributed by atoms with Crippen LogP contribution in [-0.2, 0) is 0 Å². The van der Waals surface area contributed by atoms with Gasteiger partial charge in [0.2, 0.25) is 0 Å². The lowest BCUT2D eigenvalue weighted by Crippen LogP contribution is -2.42. The molecule has 3 N–H and O–H groups in total. The first-order chi connectivity index (χ1) is 9.51. The van der Waals surface area contributed by atoms with Gasteiger partial charge in [-0.25, -0.2) is 0 Å². The molecule has 5 heteroatoms. The molecule has 5 nitrogen and oxygen atoms in total. The van der Waals surface area contributed by atoms with Gasteiger partial charge in [0, 0.05) is 24.2 Å². The summed E-state index contributed by atoms with van der Waals surface area (Å²) in [6, 6.07) is 6.83. The lowest BCUT2D eigenvalue weighted by Gasteiger charge is -2.35. The van der Waals surface area contributed by atoms with E-state index in [0.717, 1.165) is 13.1 Å². The Morgan fingerprint density at radius 2 is 1.70 bits per heavy atom. The third-order valence-electron chi connectivity index (χ3n) is 3.69. The van der Waals surface area contributed by atoms with E-state index in [9.17, 15) is 4.79 Å². The Morgan fingerprint density at radius 3 is 2.20 bits per heavy atom. The van der Waals surface area contributed by atoms with Crippen LogP contribution in [0.4, 0.5) is 0 Å². The van der Waals surface area contributed by atoms with E-state index >= 15 is 0 Å². The first-order valence-corrected chi connectivity index (χ1v) is 6.88. The van der Waals surface area contributed by atoms with Crippen molar-refractivity contribution in [3.63, 3.8) is 0 Å². The van der Waals surface area contributed by atoms with Crippen molar-refractivity contribution >= 4 is 11.7 Å². The van der Waals surface area contributed by atoms with Crippen molar-refractivity contribution < 1.29 is 10.0 Å². The summed E-state index contributed by atoms with van der Waals surface area (Å²) in [5, 5.41) is 11.6. The Labute approximate surface area is 119 Å². The van der Waals surface area contributed by atoms with Crippen molar-refractivity contribution in [1.29, 1.82) is 0 Å². The Morgan fingerprint density at radius 1 is 1.20 bits per heavy atom. The minimum Gasteiger partial charge on any atom is -0.409 e. The first kappa shape index (κ1) is 14.4. The lowest BCUT2D eigenvalue weighted by atomic mass is 9.91.